The lowest BCUT2D eigenvalue weighted by Gasteiger charge is -2.28. The van der Waals surface area contributed by atoms with Crippen LogP contribution < -0.4 is 5.32 Å². The number of halogens is 2. The molecule has 2 aromatic heterocycles. The zero-order chi connectivity index (χ0) is 26.7. The van der Waals surface area contributed by atoms with Crippen molar-refractivity contribution >= 4 is 11.8 Å². The van der Waals surface area contributed by atoms with E-state index in [4.69, 9.17) is 4.74 Å². The largest absolute Gasteiger partial charge is 0.373 e. The van der Waals surface area contributed by atoms with E-state index in [2.05, 4.69) is 15.3 Å². The first-order valence-corrected chi connectivity index (χ1v) is 12.3. The Morgan fingerprint density at radius 2 is 1.95 bits per heavy atom. The first-order valence-electron chi connectivity index (χ1n) is 12.3. The second-order valence-corrected chi connectivity index (χ2v) is 9.53. The van der Waals surface area contributed by atoms with Crippen LogP contribution in [0.3, 0.4) is 0 Å². The highest BCUT2D eigenvalue weighted by Gasteiger charge is 2.33. The van der Waals surface area contributed by atoms with Crippen LogP contribution in [0.15, 0.2) is 42.7 Å². The van der Waals surface area contributed by atoms with Gasteiger partial charge in [0.1, 0.15) is 17.2 Å². The lowest BCUT2D eigenvalue weighted by atomic mass is 9.89. The van der Waals surface area contributed by atoms with Crippen LogP contribution in [-0.4, -0.2) is 53.4 Å². The third-order valence-corrected chi connectivity index (χ3v) is 6.14. The molecule has 0 aliphatic carbocycles. The Morgan fingerprint density at radius 1 is 1.16 bits per heavy atom. The maximum atomic E-state index is 16.5. The number of nitrogens with zero attached hydrogens (tertiary/aromatic N) is 3. The summed E-state index contributed by atoms with van der Waals surface area (Å²) < 4.78 is 37.6. The number of amides is 2. The van der Waals surface area contributed by atoms with Crippen molar-refractivity contribution in [2.75, 3.05) is 20.7 Å². The number of benzene rings is 1. The van der Waals surface area contributed by atoms with Gasteiger partial charge in [-0.05, 0) is 57.4 Å². The molecule has 37 heavy (non-hydrogen) atoms. The van der Waals surface area contributed by atoms with E-state index in [0.29, 0.717) is 18.6 Å². The zero-order valence-electron chi connectivity index (χ0n) is 21.3. The van der Waals surface area contributed by atoms with Gasteiger partial charge in [0.05, 0.1) is 6.10 Å². The molecule has 1 aliphatic heterocycles. The highest BCUT2D eigenvalue weighted by molar-refractivity contribution is 6.01. The maximum Gasteiger partial charge on any atom is 0.272 e. The summed E-state index contributed by atoms with van der Waals surface area (Å²) in [6.07, 6.45) is 4.63. The van der Waals surface area contributed by atoms with Crippen LogP contribution in [0.25, 0.3) is 22.4 Å². The molecule has 1 aliphatic rings. The number of ether oxygens (including phenoxy) is 1. The Hall–Kier alpha value is -3.72. The molecule has 1 aromatic carbocycles. The fourth-order valence-corrected chi connectivity index (χ4v) is 4.39. The van der Waals surface area contributed by atoms with Gasteiger partial charge < -0.3 is 15.0 Å². The minimum atomic E-state index is -0.790. The Kier molecular flexibility index (Phi) is 7.92. The van der Waals surface area contributed by atoms with Gasteiger partial charge in [-0.2, -0.15) is 0 Å². The molecule has 1 unspecified atom stereocenters. The van der Waals surface area contributed by atoms with Crippen molar-refractivity contribution in [1.82, 2.24) is 20.2 Å². The van der Waals surface area contributed by atoms with Crippen LogP contribution in [0.2, 0.25) is 0 Å². The molecule has 9 heteroatoms. The van der Waals surface area contributed by atoms with Gasteiger partial charge in [0.15, 0.2) is 5.82 Å². The quantitative estimate of drug-likeness (QED) is 0.497. The number of nitrogens with one attached hydrogen (secondary N) is 1. The van der Waals surface area contributed by atoms with E-state index >= 15 is 8.78 Å². The van der Waals surface area contributed by atoms with Crippen LogP contribution >= 0.6 is 0 Å². The third-order valence-electron chi connectivity index (χ3n) is 6.14. The maximum absolute atomic E-state index is 16.5. The predicted octanol–water partition coefficient (Wildman–Crippen LogP) is 5.17. The molecule has 0 radical (unpaired) electrons. The van der Waals surface area contributed by atoms with Crippen LogP contribution in [0.4, 0.5) is 8.78 Å². The van der Waals surface area contributed by atoms with Gasteiger partial charge in [-0.25, -0.2) is 13.8 Å². The summed E-state index contributed by atoms with van der Waals surface area (Å²) in [4.78, 5) is 35.9. The predicted molar refractivity (Wildman–Crippen MR) is 136 cm³/mol. The molecule has 1 atom stereocenters. The van der Waals surface area contributed by atoms with Crippen molar-refractivity contribution in [2.24, 2.45) is 0 Å². The Labute approximate surface area is 214 Å². The van der Waals surface area contributed by atoms with Crippen molar-refractivity contribution in [3.8, 4) is 22.4 Å². The number of hydrogen-bond donors (Lipinski definition) is 1. The van der Waals surface area contributed by atoms with Gasteiger partial charge in [-0.1, -0.05) is 6.07 Å². The number of rotatable bonds is 6. The van der Waals surface area contributed by atoms with Crippen molar-refractivity contribution in [1.29, 1.82) is 0 Å². The third kappa shape index (κ3) is 5.51. The smallest absolute Gasteiger partial charge is 0.272 e. The molecule has 7 nitrogen and oxygen atoms in total. The van der Waals surface area contributed by atoms with Gasteiger partial charge in [-0.15, -0.1) is 0 Å². The van der Waals surface area contributed by atoms with Gasteiger partial charge in [0.25, 0.3) is 11.8 Å². The summed E-state index contributed by atoms with van der Waals surface area (Å²) in [5.74, 6) is -2.46. The molecule has 3 aromatic rings. The summed E-state index contributed by atoms with van der Waals surface area (Å²) in [5, 5.41) is 2.75. The summed E-state index contributed by atoms with van der Waals surface area (Å²) >= 11 is 0. The van der Waals surface area contributed by atoms with Crippen molar-refractivity contribution in [2.45, 2.75) is 45.3 Å². The van der Waals surface area contributed by atoms with Crippen LogP contribution in [0.1, 0.15) is 65.6 Å². The molecular formula is C28H30F2N4O3. The number of aromatic nitrogens is 2. The second kappa shape index (κ2) is 11.1. The van der Waals surface area contributed by atoms with E-state index in [9.17, 15) is 9.59 Å². The number of pyridine rings is 2. The minimum absolute atomic E-state index is 0.0463. The first-order chi connectivity index (χ1) is 17.7. The summed E-state index contributed by atoms with van der Waals surface area (Å²) in [6.45, 7) is 4.04. The van der Waals surface area contributed by atoms with E-state index in [0.717, 1.165) is 18.9 Å². The number of hydrogen-bond acceptors (Lipinski definition) is 5. The fraction of sp³-hybridized carbons (Fsp3) is 0.357. The van der Waals surface area contributed by atoms with E-state index in [1.54, 1.807) is 46.3 Å². The molecule has 2 amide bonds. The zero-order valence-corrected chi connectivity index (χ0v) is 21.3. The molecule has 194 valence electrons. The summed E-state index contributed by atoms with van der Waals surface area (Å²) in [6, 6.07) is 6.96. The lowest BCUT2D eigenvalue weighted by Crippen LogP contribution is -2.30. The number of carbonyl (C=O) groups is 2. The molecule has 1 N–H and O–H groups in total. The Bertz CT molecular complexity index is 1310. The number of carbonyl (C=O) groups excluding carboxylic acids is 2. The summed E-state index contributed by atoms with van der Waals surface area (Å²) in [5.41, 5.74) is 0.456. The molecule has 3 heterocycles. The topological polar surface area (TPSA) is 84.4 Å². The molecular weight excluding hydrogens is 478 g/mol. The average molecular weight is 509 g/mol. The highest BCUT2D eigenvalue weighted by atomic mass is 19.1. The monoisotopic (exact) mass is 508 g/mol. The Balaban J connectivity index is 2.03. The van der Waals surface area contributed by atoms with Gasteiger partial charge in [0.2, 0.25) is 0 Å². The second-order valence-electron chi connectivity index (χ2n) is 9.53. The Morgan fingerprint density at radius 3 is 2.57 bits per heavy atom. The molecule has 0 spiro atoms. The van der Waals surface area contributed by atoms with E-state index in [-0.39, 0.29) is 39.7 Å². The van der Waals surface area contributed by atoms with Gasteiger partial charge in [-0.3, -0.25) is 14.6 Å². The van der Waals surface area contributed by atoms with Crippen LogP contribution in [-0.2, 0) is 4.74 Å². The van der Waals surface area contributed by atoms with Gasteiger partial charge in [0, 0.05) is 67.0 Å². The van der Waals surface area contributed by atoms with E-state index in [1.807, 2.05) is 0 Å². The molecule has 0 saturated carbocycles. The molecule has 0 bridgehead atoms. The van der Waals surface area contributed by atoms with E-state index in [1.165, 1.54) is 23.2 Å². The average Bonchev–Trinajstić information content (AvgIpc) is 2.89. The summed E-state index contributed by atoms with van der Waals surface area (Å²) in [7, 11) is 3.13. The standard InChI is InChI=1S/C28H30F2N4O3/c1-16(2)32-27(35)17-10-11-20(29)19(14-17)25-24(30)23(21-9-5-6-13-37-21)22(18-8-7-12-31-15-18)26(33-25)28(36)34(3)4/h7-8,10-12,14-16,21H,5-6,9,13H2,1-4H3,(H,32,35). The van der Waals surface area contributed by atoms with E-state index < -0.39 is 29.6 Å². The van der Waals surface area contributed by atoms with Crippen LogP contribution in [0, 0.1) is 11.6 Å². The van der Waals surface area contributed by atoms with Crippen molar-refractivity contribution in [3.05, 3.63) is 71.2 Å². The molecule has 1 fully saturated rings. The molecule has 1 saturated heterocycles. The minimum Gasteiger partial charge on any atom is -0.373 e. The highest BCUT2D eigenvalue weighted by Crippen LogP contribution is 2.42. The lowest BCUT2D eigenvalue weighted by molar-refractivity contribution is 0.0131. The first kappa shape index (κ1) is 26.3. The van der Waals surface area contributed by atoms with Crippen molar-refractivity contribution < 1.29 is 23.1 Å². The molecule has 4 rings (SSSR count). The SMILES string of the molecule is CC(C)NC(=O)c1ccc(F)c(-c2nc(C(=O)N(C)C)c(-c3cccnc3)c(C3CCCCO3)c2F)c1. The van der Waals surface area contributed by atoms with Crippen LogP contribution in [0.5, 0.6) is 0 Å². The normalized spacial score (nSPS) is 15.5. The van der Waals surface area contributed by atoms with Crippen molar-refractivity contribution in [3.63, 3.8) is 0 Å². The fourth-order valence-electron chi connectivity index (χ4n) is 4.39. The van der Waals surface area contributed by atoms with Gasteiger partial charge >= 0.3 is 0 Å².